The molecule has 0 bridgehead atoms. The topological polar surface area (TPSA) is 47.6 Å². The van der Waals surface area contributed by atoms with Gasteiger partial charge in [-0.15, -0.1) is 0 Å². The van der Waals surface area contributed by atoms with Crippen LogP contribution in [-0.4, -0.2) is 31.8 Å². The van der Waals surface area contributed by atoms with Gasteiger partial charge in [-0.3, -0.25) is 4.79 Å². The molecule has 2 aliphatic rings. The molecule has 0 aliphatic carbocycles. The van der Waals surface area contributed by atoms with Crippen molar-refractivity contribution in [2.24, 2.45) is 0 Å². The van der Waals surface area contributed by atoms with Gasteiger partial charge in [-0.2, -0.15) is 0 Å². The van der Waals surface area contributed by atoms with Crippen LogP contribution in [0.25, 0.3) is 0 Å². The first-order valence-electron chi connectivity index (χ1n) is 6.93. The van der Waals surface area contributed by atoms with Crippen LogP contribution in [-0.2, 0) is 20.7 Å². The highest BCUT2D eigenvalue weighted by Gasteiger charge is 2.27. The molecule has 0 radical (unpaired) electrons. The maximum atomic E-state index is 12.2. The summed E-state index contributed by atoms with van der Waals surface area (Å²) in [5.41, 5.74) is 2.21. The number of carbonyl (C=O) groups is 1. The molecule has 1 saturated heterocycles. The quantitative estimate of drug-likeness (QED) is 0.899. The number of ether oxygens (including phenoxy) is 2. The lowest BCUT2D eigenvalue weighted by atomic mass is 9.97. The van der Waals surface area contributed by atoms with Gasteiger partial charge in [0.15, 0.2) is 6.10 Å². The summed E-state index contributed by atoms with van der Waals surface area (Å²) in [5.74, 6) is -0.0531. The minimum atomic E-state index is -0.466. The van der Waals surface area contributed by atoms with Crippen molar-refractivity contribution >= 4 is 5.91 Å². The first kappa shape index (κ1) is 12.6. The average Bonchev–Trinajstić information content (AvgIpc) is 2.97. The molecule has 0 aromatic heterocycles. The van der Waals surface area contributed by atoms with Gasteiger partial charge in [0.25, 0.3) is 5.91 Å². The van der Waals surface area contributed by atoms with E-state index in [4.69, 9.17) is 9.47 Å². The second-order valence-corrected chi connectivity index (χ2v) is 5.08. The van der Waals surface area contributed by atoms with Crippen LogP contribution < -0.4 is 5.32 Å². The first-order valence-corrected chi connectivity index (χ1v) is 6.93. The van der Waals surface area contributed by atoms with Crippen molar-refractivity contribution in [3.63, 3.8) is 0 Å². The Balaban J connectivity index is 1.64. The molecule has 3 rings (SSSR count). The number of fused-ring (bicyclic) bond motifs is 1. The van der Waals surface area contributed by atoms with E-state index in [9.17, 15) is 4.79 Å². The molecular weight excluding hydrogens is 242 g/mol. The second kappa shape index (κ2) is 5.72. The number of hydrogen-bond acceptors (Lipinski definition) is 3. The molecular formula is C15H19NO3. The van der Waals surface area contributed by atoms with Gasteiger partial charge in [-0.25, -0.2) is 0 Å². The van der Waals surface area contributed by atoms with Crippen molar-refractivity contribution in [1.29, 1.82) is 0 Å². The zero-order valence-corrected chi connectivity index (χ0v) is 10.9. The molecule has 1 aromatic rings. The standard InChI is InChI=1S/C15H19NO3/c17-15(16-10-12-5-3-8-18-12)14-13-6-2-1-4-11(13)7-9-19-14/h1-2,4,6,12,14H,3,5,7-10H2,(H,16,17). The maximum Gasteiger partial charge on any atom is 0.253 e. The Kier molecular flexibility index (Phi) is 3.80. The first-order chi connectivity index (χ1) is 9.34. The van der Waals surface area contributed by atoms with E-state index >= 15 is 0 Å². The van der Waals surface area contributed by atoms with Crippen molar-refractivity contribution in [2.45, 2.75) is 31.5 Å². The number of rotatable bonds is 3. The van der Waals surface area contributed by atoms with E-state index in [1.165, 1.54) is 5.56 Å². The predicted octanol–water partition coefficient (Wildman–Crippen LogP) is 1.60. The van der Waals surface area contributed by atoms with E-state index in [1.807, 2.05) is 18.2 Å². The molecule has 1 fully saturated rings. The van der Waals surface area contributed by atoms with Crippen molar-refractivity contribution < 1.29 is 14.3 Å². The summed E-state index contributed by atoms with van der Waals surface area (Å²) in [6.07, 6.45) is 2.70. The normalized spacial score (nSPS) is 25.9. The minimum absolute atomic E-state index is 0.0531. The second-order valence-electron chi connectivity index (χ2n) is 5.08. The Morgan fingerprint density at radius 3 is 3.00 bits per heavy atom. The van der Waals surface area contributed by atoms with E-state index in [0.29, 0.717) is 13.2 Å². The third-order valence-corrected chi connectivity index (χ3v) is 3.76. The van der Waals surface area contributed by atoms with Crippen LogP contribution in [0.4, 0.5) is 0 Å². The monoisotopic (exact) mass is 261 g/mol. The number of hydrogen-bond donors (Lipinski definition) is 1. The van der Waals surface area contributed by atoms with Gasteiger partial charge in [0, 0.05) is 13.2 Å². The maximum absolute atomic E-state index is 12.2. The number of nitrogens with one attached hydrogen (secondary N) is 1. The summed E-state index contributed by atoms with van der Waals surface area (Å²) in [4.78, 5) is 12.2. The van der Waals surface area contributed by atoms with Crippen LogP contribution in [0.5, 0.6) is 0 Å². The molecule has 102 valence electrons. The van der Waals surface area contributed by atoms with Gasteiger partial charge >= 0.3 is 0 Å². The average molecular weight is 261 g/mol. The van der Waals surface area contributed by atoms with E-state index in [1.54, 1.807) is 0 Å². The third-order valence-electron chi connectivity index (χ3n) is 3.76. The molecule has 1 amide bonds. The van der Waals surface area contributed by atoms with Gasteiger partial charge in [0.2, 0.25) is 0 Å². The largest absolute Gasteiger partial charge is 0.376 e. The van der Waals surface area contributed by atoms with E-state index in [0.717, 1.165) is 31.4 Å². The molecule has 0 spiro atoms. The fourth-order valence-corrected chi connectivity index (χ4v) is 2.72. The molecule has 0 saturated carbocycles. The molecule has 19 heavy (non-hydrogen) atoms. The van der Waals surface area contributed by atoms with Crippen LogP contribution in [0.2, 0.25) is 0 Å². The van der Waals surface area contributed by atoms with E-state index < -0.39 is 6.10 Å². The zero-order chi connectivity index (χ0) is 13.1. The molecule has 2 aliphatic heterocycles. The highest BCUT2D eigenvalue weighted by Crippen LogP contribution is 2.27. The molecule has 4 heteroatoms. The molecule has 2 heterocycles. The van der Waals surface area contributed by atoms with Crippen molar-refractivity contribution in [3.05, 3.63) is 35.4 Å². The Labute approximate surface area is 113 Å². The van der Waals surface area contributed by atoms with Crippen LogP contribution in [0.1, 0.15) is 30.1 Å². The zero-order valence-electron chi connectivity index (χ0n) is 10.9. The molecule has 1 N–H and O–H groups in total. The van der Waals surface area contributed by atoms with E-state index in [2.05, 4.69) is 11.4 Å². The lowest BCUT2D eigenvalue weighted by molar-refractivity contribution is -0.134. The van der Waals surface area contributed by atoms with Crippen molar-refractivity contribution in [2.75, 3.05) is 19.8 Å². The summed E-state index contributed by atoms with van der Waals surface area (Å²) in [6, 6.07) is 8.00. The number of carbonyl (C=O) groups excluding carboxylic acids is 1. The summed E-state index contributed by atoms with van der Waals surface area (Å²) in [6.45, 7) is 2.00. The van der Waals surface area contributed by atoms with Gasteiger partial charge < -0.3 is 14.8 Å². The summed E-state index contributed by atoms with van der Waals surface area (Å²) < 4.78 is 11.1. The van der Waals surface area contributed by atoms with Crippen LogP contribution in [0.3, 0.4) is 0 Å². The Hall–Kier alpha value is -1.39. The summed E-state index contributed by atoms with van der Waals surface area (Å²) in [5, 5.41) is 2.95. The highest BCUT2D eigenvalue weighted by atomic mass is 16.5. The lowest BCUT2D eigenvalue weighted by Crippen LogP contribution is -2.37. The van der Waals surface area contributed by atoms with Crippen LogP contribution in [0.15, 0.2) is 24.3 Å². The third kappa shape index (κ3) is 2.80. The van der Waals surface area contributed by atoms with E-state index in [-0.39, 0.29) is 12.0 Å². The van der Waals surface area contributed by atoms with Gasteiger partial charge in [0.05, 0.1) is 12.7 Å². The Morgan fingerprint density at radius 2 is 2.16 bits per heavy atom. The number of benzene rings is 1. The molecule has 2 atom stereocenters. The fraction of sp³-hybridized carbons (Fsp3) is 0.533. The van der Waals surface area contributed by atoms with Crippen molar-refractivity contribution in [1.82, 2.24) is 5.32 Å². The Bertz CT molecular complexity index is 454. The summed E-state index contributed by atoms with van der Waals surface area (Å²) >= 11 is 0. The van der Waals surface area contributed by atoms with Gasteiger partial charge in [0.1, 0.15) is 0 Å². The molecule has 1 aromatic carbocycles. The fourth-order valence-electron chi connectivity index (χ4n) is 2.72. The SMILES string of the molecule is O=C(NCC1CCCO1)C1OCCc2ccccc21. The van der Waals surface area contributed by atoms with Crippen LogP contribution in [0, 0.1) is 0 Å². The lowest BCUT2D eigenvalue weighted by Gasteiger charge is -2.25. The summed E-state index contributed by atoms with van der Waals surface area (Å²) in [7, 11) is 0. The molecule has 4 nitrogen and oxygen atoms in total. The number of amides is 1. The predicted molar refractivity (Wildman–Crippen MR) is 70.8 cm³/mol. The highest BCUT2D eigenvalue weighted by molar-refractivity contribution is 5.82. The van der Waals surface area contributed by atoms with Gasteiger partial charge in [-0.05, 0) is 30.4 Å². The Morgan fingerprint density at radius 1 is 1.26 bits per heavy atom. The van der Waals surface area contributed by atoms with Gasteiger partial charge in [-0.1, -0.05) is 24.3 Å². The minimum Gasteiger partial charge on any atom is -0.376 e. The smallest absolute Gasteiger partial charge is 0.253 e. The molecule has 2 unspecified atom stereocenters. The van der Waals surface area contributed by atoms with Crippen molar-refractivity contribution in [3.8, 4) is 0 Å². The van der Waals surface area contributed by atoms with Crippen LogP contribution >= 0.6 is 0 Å².